The number of hydrogen-bond acceptors (Lipinski definition) is 2. The third kappa shape index (κ3) is 5.38. The molecule has 1 unspecified atom stereocenters. The first-order valence-corrected chi connectivity index (χ1v) is 7.58. The highest BCUT2D eigenvalue weighted by Crippen LogP contribution is 2.34. The summed E-state index contributed by atoms with van der Waals surface area (Å²) in [6.07, 6.45) is 8.85. The Morgan fingerprint density at radius 2 is 1.94 bits per heavy atom. The second kappa shape index (κ2) is 7.78. The Morgan fingerprint density at radius 1 is 1.28 bits per heavy atom. The SMILES string of the molecule is CCCCNC(=O)C(C)NCC1(C)CCCCC1. The van der Waals surface area contributed by atoms with Crippen molar-refractivity contribution in [3.63, 3.8) is 0 Å². The molecular formula is C15H30N2O. The van der Waals surface area contributed by atoms with Gasteiger partial charge in [0.05, 0.1) is 6.04 Å². The van der Waals surface area contributed by atoms with Gasteiger partial charge in [-0.2, -0.15) is 0 Å². The second-order valence-corrected chi connectivity index (χ2v) is 6.12. The minimum atomic E-state index is -0.0689. The molecule has 0 aliphatic heterocycles. The van der Waals surface area contributed by atoms with Gasteiger partial charge in [-0.15, -0.1) is 0 Å². The Hall–Kier alpha value is -0.570. The first kappa shape index (κ1) is 15.5. The van der Waals surface area contributed by atoms with E-state index >= 15 is 0 Å². The minimum Gasteiger partial charge on any atom is -0.355 e. The Balaban J connectivity index is 2.22. The summed E-state index contributed by atoms with van der Waals surface area (Å²) in [6, 6.07) is -0.0689. The molecule has 0 spiro atoms. The van der Waals surface area contributed by atoms with E-state index in [0.717, 1.165) is 25.9 Å². The smallest absolute Gasteiger partial charge is 0.236 e. The van der Waals surface area contributed by atoms with E-state index in [9.17, 15) is 4.79 Å². The van der Waals surface area contributed by atoms with Crippen molar-refractivity contribution in [2.24, 2.45) is 5.41 Å². The standard InChI is InChI=1S/C15H30N2O/c1-4-5-11-16-14(18)13(2)17-12-15(3)9-7-6-8-10-15/h13,17H,4-12H2,1-3H3,(H,16,18). The van der Waals surface area contributed by atoms with E-state index in [1.165, 1.54) is 32.1 Å². The van der Waals surface area contributed by atoms with Crippen LogP contribution in [0.1, 0.15) is 65.7 Å². The molecule has 106 valence electrons. The van der Waals surface area contributed by atoms with Crippen LogP contribution in [0.3, 0.4) is 0 Å². The fourth-order valence-corrected chi connectivity index (χ4v) is 2.62. The predicted octanol–water partition coefficient (Wildman–Crippen LogP) is 2.85. The Labute approximate surface area is 112 Å². The summed E-state index contributed by atoms with van der Waals surface area (Å²) in [5.74, 6) is 0.142. The van der Waals surface area contributed by atoms with Crippen LogP contribution in [-0.2, 0) is 4.79 Å². The number of nitrogens with one attached hydrogen (secondary N) is 2. The number of unbranched alkanes of at least 4 members (excludes halogenated alkanes) is 1. The summed E-state index contributed by atoms with van der Waals surface area (Å²) < 4.78 is 0. The molecule has 0 aromatic carbocycles. The number of carbonyl (C=O) groups excluding carboxylic acids is 1. The first-order chi connectivity index (χ1) is 8.57. The van der Waals surface area contributed by atoms with Crippen LogP contribution in [0.5, 0.6) is 0 Å². The van der Waals surface area contributed by atoms with Crippen molar-refractivity contribution in [3.05, 3.63) is 0 Å². The number of hydrogen-bond donors (Lipinski definition) is 2. The second-order valence-electron chi connectivity index (χ2n) is 6.12. The van der Waals surface area contributed by atoms with Crippen LogP contribution in [0.25, 0.3) is 0 Å². The quantitative estimate of drug-likeness (QED) is 0.686. The fourth-order valence-electron chi connectivity index (χ4n) is 2.62. The van der Waals surface area contributed by atoms with Gasteiger partial charge in [-0.1, -0.05) is 39.5 Å². The molecule has 1 saturated carbocycles. The minimum absolute atomic E-state index is 0.0689. The van der Waals surface area contributed by atoms with Crippen LogP contribution in [0.4, 0.5) is 0 Å². The summed E-state index contributed by atoms with van der Waals surface area (Å²) >= 11 is 0. The van der Waals surface area contributed by atoms with Crippen molar-refractivity contribution in [2.45, 2.75) is 71.8 Å². The summed E-state index contributed by atoms with van der Waals surface area (Å²) in [4.78, 5) is 11.8. The molecule has 3 heteroatoms. The monoisotopic (exact) mass is 254 g/mol. The molecule has 1 fully saturated rings. The van der Waals surface area contributed by atoms with E-state index in [2.05, 4.69) is 24.5 Å². The lowest BCUT2D eigenvalue weighted by Crippen LogP contribution is -2.46. The summed E-state index contributed by atoms with van der Waals surface area (Å²) in [5.41, 5.74) is 0.399. The fraction of sp³-hybridized carbons (Fsp3) is 0.933. The number of amides is 1. The molecule has 2 N–H and O–H groups in total. The lowest BCUT2D eigenvalue weighted by molar-refractivity contribution is -0.122. The van der Waals surface area contributed by atoms with Crippen molar-refractivity contribution < 1.29 is 4.79 Å². The van der Waals surface area contributed by atoms with E-state index in [1.807, 2.05) is 6.92 Å². The normalized spacial score (nSPS) is 20.4. The third-order valence-corrected chi connectivity index (χ3v) is 4.12. The zero-order valence-corrected chi connectivity index (χ0v) is 12.3. The zero-order valence-electron chi connectivity index (χ0n) is 12.3. The van der Waals surface area contributed by atoms with Crippen LogP contribution in [0, 0.1) is 5.41 Å². The summed E-state index contributed by atoms with van der Waals surface area (Å²) in [5, 5.41) is 6.39. The topological polar surface area (TPSA) is 41.1 Å². The maximum atomic E-state index is 11.8. The third-order valence-electron chi connectivity index (χ3n) is 4.12. The molecule has 18 heavy (non-hydrogen) atoms. The lowest BCUT2D eigenvalue weighted by Gasteiger charge is -2.34. The van der Waals surface area contributed by atoms with Crippen LogP contribution in [0.15, 0.2) is 0 Å². The van der Waals surface area contributed by atoms with Crippen LogP contribution in [0.2, 0.25) is 0 Å². The van der Waals surface area contributed by atoms with Crippen molar-refractivity contribution in [2.75, 3.05) is 13.1 Å². The van der Waals surface area contributed by atoms with Gasteiger partial charge in [0.15, 0.2) is 0 Å². The van der Waals surface area contributed by atoms with Gasteiger partial charge in [-0.25, -0.2) is 0 Å². The van der Waals surface area contributed by atoms with Gasteiger partial charge in [-0.3, -0.25) is 4.79 Å². The molecule has 1 aliphatic rings. The van der Waals surface area contributed by atoms with Gasteiger partial charge >= 0.3 is 0 Å². The molecule has 0 saturated heterocycles. The van der Waals surface area contributed by atoms with Gasteiger partial charge < -0.3 is 10.6 Å². The summed E-state index contributed by atoms with van der Waals surface area (Å²) in [7, 11) is 0. The molecule has 0 radical (unpaired) electrons. The molecule has 0 bridgehead atoms. The van der Waals surface area contributed by atoms with Crippen LogP contribution < -0.4 is 10.6 Å². The van der Waals surface area contributed by atoms with E-state index in [0.29, 0.717) is 5.41 Å². The Kier molecular flexibility index (Phi) is 6.69. The zero-order chi connectivity index (χ0) is 13.4. The summed E-state index contributed by atoms with van der Waals surface area (Å²) in [6.45, 7) is 8.22. The van der Waals surface area contributed by atoms with Crippen LogP contribution >= 0.6 is 0 Å². The average Bonchev–Trinajstić information content (AvgIpc) is 2.37. The van der Waals surface area contributed by atoms with Gasteiger partial charge in [0, 0.05) is 13.1 Å². The highest BCUT2D eigenvalue weighted by molar-refractivity contribution is 5.81. The van der Waals surface area contributed by atoms with E-state index in [1.54, 1.807) is 0 Å². The highest BCUT2D eigenvalue weighted by Gasteiger charge is 2.27. The molecule has 1 aliphatic carbocycles. The van der Waals surface area contributed by atoms with E-state index in [4.69, 9.17) is 0 Å². The molecule has 1 rings (SSSR count). The van der Waals surface area contributed by atoms with Gasteiger partial charge in [-0.05, 0) is 31.6 Å². The Morgan fingerprint density at radius 3 is 2.56 bits per heavy atom. The highest BCUT2D eigenvalue weighted by atomic mass is 16.2. The van der Waals surface area contributed by atoms with Gasteiger partial charge in [0.2, 0.25) is 5.91 Å². The molecule has 0 aromatic heterocycles. The largest absolute Gasteiger partial charge is 0.355 e. The van der Waals surface area contributed by atoms with Gasteiger partial charge in [0.25, 0.3) is 0 Å². The maximum absolute atomic E-state index is 11.8. The van der Waals surface area contributed by atoms with Gasteiger partial charge in [0.1, 0.15) is 0 Å². The predicted molar refractivity (Wildman–Crippen MR) is 76.6 cm³/mol. The average molecular weight is 254 g/mol. The lowest BCUT2D eigenvalue weighted by atomic mass is 9.75. The van der Waals surface area contributed by atoms with Crippen LogP contribution in [-0.4, -0.2) is 25.0 Å². The number of carbonyl (C=O) groups is 1. The number of rotatable bonds is 7. The van der Waals surface area contributed by atoms with Crippen molar-refractivity contribution in [3.8, 4) is 0 Å². The first-order valence-electron chi connectivity index (χ1n) is 7.58. The molecular weight excluding hydrogens is 224 g/mol. The van der Waals surface area contributed by atoms with E-state index < -0.39 is 0 Å². The molecule has 1 amide bonds. The van der Waals surface area contributed by atoms with E-state index in [-0.39, 0.29) is 11.9 Å². The van der Waals surface area contributed by atoms with Crippen molar-refractivity contribution in [1.29, 1.82) is 0 Å². The maximum Gasteiger partial charge on any atom is 0.236 e. The molecule has 0 heterocycles. The molecule has 1 atom stereocenters. The Bertz CT molecular complexity index is 247. The van der Waals surface area contributed by atoms with Crippen molar-refractivity contribution in [1.82, 2.24) is 10.6 Å². The molecule has 3 nitrogen and oxygen atoms in total. The van der Waals surface area contributed by atoms with Crippen molar-refractivity contribution >= 4 is 5.91 Å². The molecule has 0 aromatic rings.